The van der Waals surface area contributed by atoms with E-state index >= 15 is 0 Å². The maximum absolute atomic E-state index is 13.0. The third-order valence-electron chi connectivity index (χ3n) is 5.77. The van der Waals surface area contributed by atoms with Crippen LogP contribution in [0.3, 0.4) is 0 Å². The van der Waals surface area contributed by atoms with Gasteiger partial charge >= 0.3 is 0 Å². The number of nitrogens with zero attached hydrogens (tertiary/aromatic N) is 2. The summed E-state index contributed by atoms with van der Waals surface area (Å²) in [5.74, 6) is 0.877. The molecule has 3 fully saturated rings. The van der Waals surface area contributed by atoms with E-state index in [9.17, 15) is 4.79 Å². The van der Waals surface area contributed by atoms with Gasteiger partial charge in [-0.3, -0.25) is 4.79 Å². The molecule has 1 aromatic heterocycles. The summed E-state index contributed by atoms with van der Waals surface area (Å²) in [7, 11) is 0. The van der Waals surface area contributed by atoms with Crippen LogP contribution in [0.4, 0.5) is 0 Å². The minimum absolute atomic E-state index is 0.199. The van der Waals surface area contributed by atoms with Crippen molar-refractivity contribution >= 4 is 5.91 Å². The highest BCUT2D eigenvalue weighted by Crippen LogP contribution is 2.34. The second-order valence-electron chi connectivity index (χ2n) is 7.09. The zero-order chi connectivity index (χ0) is 14.9. The number of morpholine rings is 1. The van der Waals surface area contributed by atoms with E-state index in [-0.39, 0.29) is 12.0 Å². The van der Waals surface area contributed by atoms with Crippen LogP contribution in [-0.2, 0) is 4.74 Å². The molecule has 0 N–H and O–H groups in total. The predicted molar refractivity (Wildman–Crippen MR) is 84.9 cm³/mol. The molecule has 1 aliphatic heterocycles. The van der Waals surface area contributed by atoms with Gasteiger partial charge in [0.05, 0.1) is 12.7 Å². The summed E-state index contributed by atoms with van der Waals surface area (Å²) >= 11 is 0. The lowest BCUT2D eigenvalue weighted by molar-refractivity contribution is -0.0661. The molecule has 2 saturated carbocycles. The Kier molecular flexibility index (Phi) is 3.95. The van der Waals surface area contributed by atoms with Crippen LogP contribution in [0.1, 0.15) is 61.5 Å². The van der Waals surface area contributed by atoms with Crippen molar-refractivity contribution in [2.75, 3.05) is 19.7 Å². The van der Waals surface area contributed by atoms with Crippen molar-refractivity contribution in [2.45, 2.75) is 57.1 Å². The van der Waals surface area contributed by atoms with Crippen LogP contribution in [0.15, 0.2) is 18.3 Å². The fourth-order valence-electron chi connectivity index (χ4n) is 4.19. The zero-order valence-electron chi connectivity index (χ0n) is 13.2. The van der Waals surface area contributed by atoms with E-state index in [0.717, 1.165) is 18.8 Å². The van der Waals surface area contributed by atoms with Crippen LogP contribution in [0.5, 0.6) is 0 Å². The number of carbonyl (C=O) groups is 1. The normalized spacial score (nSPS) is 27.1. The Morgan fingerprint density at radius 3 is 2.68 bits per heavy atom. The Bertz CT molecular complexity index is 529. The van der Waals surface area contributed by atoms with Crippen molar-refractivity contribution < 1.29 is 9.53 Å². The largest absolute Gasteiger partial charge is 0.374 e. The third-order valence-corrected chi connectivity index (χ3v) is 5.77. The first-order chi connectivity index (χ1) is 10.8. The summed E-state index contributed by atoms with van der Waals surface area (Å²) in [6.45, 7) is 2.20. The average Bonchev–Trinajstić information content (AvgIpc) is 3.15. The number of hydrogen-bond donors (Lipinski definition) is 0. The van der Waals surface area contributed by atoms with Crippen molar-refractivity contribution in [3.05, 3.63) is 24.0 Å². The standard InChI is InChI=1S/C18H26N2O2/c21-18(16-9-4-10-20(16)15-7-1-2-8-15)19-11-12-22-17(13-19)14-5-3-6-14/h4,9-10,14-15,17H,1-3,5-8,11-13H2. The maximum Gasteiger partial charge on any atom is 0.270 e. The molecule has 4 rings (SSSR count). The molecule has 1 atom stereocenters. The van der Waals surface area contributed by atoms with E-state index in [0.29, 0.717) is 18.6 Å². The first-order valence-corrected chi connectivity index (χ1v) is 8.90. The van der Waals surface area contributed by atoms with E-state index in [4.69, 9.17) is 4.74 Å². The highest BCUT2D eigenvalue weighted by Gasteiger charge is 2.34. The smallest absolute Gasteiger partial charge is 0.270 e. The molecule has 22 heavy (non-hydrogen) atoms. The first-order valence-electron chi connectivity index (χ1n) is 8.90. The van der Waals surface area contributed by atoms with Gasteiger partial charge in [-0.05, 0) is 43.7 Å². The van der Waals surface area contributed by atoms with Crippen LogP contribution in [-0.4, -0.2) is 41.2 Å². The van der Waals surface area contributed by atoms with Gasteiger partial charge in [0.2, 0.25) is 0 Å². The third kappa shape index (κ3) is 2.58. The van der Waals surface area contributed by atoms with E-state index < -0.39 is 0 Å². The molecule has 1 saturated heterocycles. The summed E-state index contributed by atoms with van der Waals surface area (Å²) in [6, 6.07) is 4.54. The van der Waals surface area contributed by atoms with Crippen LogP contribution in [0.25, 0.3) is 0 Å². The van der Waals surface area contributed by atoms with Gasteiger partial charge in [-0.2, -0.15) is 0 Å². The van der Waals surface area contributed by atoms with E-state index in [1.165, 1.54) is 44.9 Å². The van der Waals surface area contributed by atoms with E-state index in [1.807, 2.05) is 17.0 Å². The molecule has 1 unspecified atom stereocenters. The van der Waals surface area contributed by atoms with E-state index in [1.54, 1.807) is 0 Å². The van der Waals surface area contributed by atoms with Gasteiger partial charge in [0.25, 0.3) is 5.91 Å². The van der Waals surface area contributed by atoms with Gasteiger partial charge in [0.1, 0.15) is 5.69 Å². The van der Waals surface area contributed by atoms with Crippen LogP contribution < -0.4 is 0 Å². The molecule has 1 aromatic rings. The second-order valence-corrected chi connectivity index (χ2v) is 7.09. The minimum Gasteiger partial charge on any atom is -0.374 e. The molecule has 2 heterocycles. The number of rotatable bonds is 3. The number of hydrogen-bond acceptors (Lipinski definition) is 2. The highest BCUT2D eigenvalue weighted by molar-refractivity contribution is 5.93. The molecule has 0 bridgehead atoms. The summed E-state index contributed by atoms with van der Waals surface area (Å²) in [5, 5.41) is 0. The lowest BCUT2D eigenvalue weighted by Crippen LogP contribution is -2.49. The maximum atomic E-state index is 13.0. The first kappa shape index (κ1) is 14.3. The van der Waals surface area contributed by atoms with E-state index in [2.05, 4.69) is 10.8 Å². The number of aromatic nitrogens is 1. The lowest BCUT2D eigenvalue weighted by Gasteiger charge is -2.40. The Labute approximate surface area is 132 Å². The second kappa shape index (κ2) is 6.07. The van der Waals surface area contributed by atoms with Crippen molar-refractivity contribution in [1.29, 1.82) is 0 Å². The Morgan fingerprint density at radius 1 is 1.14 bits per heavy atom. The highest BCUT2D eigenvalue weighted by atomic mass is 16.5. The van der Waals surface area contributed by atoms with Gasteiger partial charge in [0, 0.05) is 25.3 Å². The van der Waals surface area contributed by atoms with Crippen molar-refractivity contribution in [2.24, 2.45) is 5.92 Å². The summed E-state index contributed by atoms with van der Waals surface area (Å²) < 4.78 is 8.13. The summed E-state index contributed by atoms with van der Waals surface area (Å²) in [6.07, 6.45) is 11.2. The van der Waals surface area contributed by atoms with Crippen LogP contribution in [0, 0.1) is 5.92 Å². The minimum atomic E-state index is 0.199. The van der Waals surface area contributed by atoms with Gasteiger partial charge in [-0.1, -0.05) is 19.3 Å². The zero-order valence-corrected chi connectivity index (χ0v) is 13.2. The van der Waals surface area contributed by atoms with Crippen molar-refractivity contribution in [3.8, 4) is 0 Å². The molecule has 4 heteroatoms. The number of carbonyl (C=O) groups excluding carboxylic acids is 1. The Morgan fingerprint density at radius 2 is 1.95 bits per heavy atom. The Balaban J connectivity index is 1.48. The van der Waals surface area contributed by atoms with Crippen LogP contribution in [0.2, 0.25) is 0 Å². The SMILES string of the molecule is O=C(c1cccn1C1CCCC1)N1CCOC(C2CCC2)C1. The van der Waals surface area contributed by atoms with Crippen molar-refractivity contribution in [3.63, 3.8) is 0 Å². The van der Waals surface area contributed by atoms with Gasteiger partial charge < -0.3 is 14.2 Å². The molecule has 4 nitrogen and oxygen atoms in total. The monoisotopic (exact) mass is 302 g/mol. The molecule has 120 valence electrons. The molecule has 0 aromatic carbocycles. The topological polar surface area (TPSA) is 34.5 Å². The molecule has 2 aliphatic carbocycles. The van der Waals surface area contributed by atoms with Gasteiger partial charge in [-0.15, -0.1) is 0 Å². The fourth-order valence-corrected chi connectivity index (χ4v) is 4.19. The van der Waals surface area contributed by atoms with Gasteiger partial charge in [0.15, 0.2) is 0 Å². The molecule has 0 radical (unpaired) electrons. The summed E-state index contributed by atoms with van der Waals surface area (Å²) in [4.78, 5) is 15.0. The van der Waals surface area contributed by atoms with Gasteiger partial charge in [-0.25, -0.2) is 0 Å². The predicted octanol–water partition coefficient (Wildman–Crippen LogP) is 3.24. The number of amides is 1. The molecule has 0 spiro atoms. The average molecular weight is 302 g/mol. The molecular formula is C18H26N2O2. The quantitative estimate of drug-likeness (QED) is 0.859. The Hall–Kier alpha value is -1.29. The molecule has 3 aliphatic rings. The van der Waals surface area contributed by atoms with Crippen molar-refractivity contribution in [1.82, 2.24) is 9.47 Å². The molecule has 1 amide bonds. The number of ether oxygens (including phenoxy) is 1. The summed E-state index contributed by atoms with van der Waals surface area (Å²) in [5.41, 5.74) is 0.876. The fraction of sp³-hybridized carbons (Fsp3) is 0.722. The lowest BCUT2D eigenvalue weighted by atomic mass is 9.80. The van der Waals surface area contributed by atoms with Crippen LogP contribution >= 0.6 is 0 Å². The molecular weight excluding hydrogens is 276 g/mol.